The van der Waals surface area contributed by atoms with Gasteiger partial charge in [0.25, 0.3) is 0 Å². The lowest BCUT2D eigenvalue weighted by Crippen LogP contribution is -2.23. The second-order valence-electron chi connectivity index (χ2n) is 4.04. The molecule has 0 heterocycles. The lowest BCUT2D eigenvalue weighted by atomic mass is 10.2. The zero-order valence-corrected chi connectivity index (χ0v) is 9.08. The average molecular weight is 198 g/mol. The summed E-state index contributed by atoms with van der Waals surface area (Å²) in [5, 5.41) is 0. The van der Waals surface area contributed by atoms with Crippen molar-refractivity contribution < 1.29 is 14.3 Å². The van der Waals surface area contributed by atoms with Gasteiger partial charge in [-0.2, -0.15) is 0 Å². The summed E-state index contributed by atoms with van der Waals surface area (Å²) in [7, 11) is 0. The summed E-state index contributed by atoms with van der Waals surface area (Å²) in [6.45, 7) is 5.53. The predicted octanol–water partition coefficient (Wildman–Crippen LogP) is 2.25. The van der Waals surface area contributed by atoms with E-state index < -0.39 is 5.60 Å². The van der Waals surface area contributed by atoms with E-state index in [9.17, 15) is 9.59 Å². The maximum atomic E-state index is 11.2. The number of carbonyl (C=O) groups is 2. The van der Waals surface area contributed by atoms with E-state index in [1.165, 1.54) is 6.08 Å². The molecule has 0 unspecified atom stereocenters. The predicted molar refractivity (Wildman–Crippen MR) is 54.9 cm³/mol. The number of esters is 1. The molecule has 3 nitrogen and oxygen atoms in total. The molecular formula is C11H18O3. The van der Waals surface area contributed by atoms with E-state index in [0.717, 1.165) is 19.1 Å². The number of allylic oxidation sites excluding steroid dienone is 2. The summed E-state index contributed by atoms with van der Waals surface area (Å²) >= 11 is 0. The van der Waals surface area contributed by atoms with Gasteiger partial charge in [-0.3, -0.25) is 9.59 Å². The van der Waals surface area contributed by atoms with Crippen LogP contribution in [0.1, 0.15) is 40.0 Å². The lowest BCUT2D eigenvalue weighted by Gasteiger charge is -2.19. The van der Waals surface area contributed by atoms with E-state index in [1.54, 1.807) is 6.08 Å². The van der Waals surface area contributed by atoms with Crippen LogP contribution in [0.2, 0.25) is 0 Å². The first-order valence-electron chi connectivity index (χ1n) is 4.78. The highest BCUT2D eigenvalue weighted by atomic mass is 16.6. The zero-order chi connectivity index (χ0) is 11.0. The minimum Gasteiger partial charge on any atom is -0.460 e. The Morgan fingerprint density at radius 2 is 2.00 bits per heavy atom. The van der Waals surface area contributed by atoms with Crippen LogP contribution in [0, 0.1) is 0 Å². The van der Waals surface area contributed by atoms with Crippen molar-refractivity contribution in [1.29, 1.82) is 0 Å². The molecule has 0 aliphatic heterocycles. The van der Waals surface area contributed by atoms with Crippen molar-refractivity contribution in [2.24, 2.45) is 0 Å². The normalized spacial score (nSPS) is 11.6. The number of ether oxygens (including phenoxy) is 1. The number of hydrogen-bond donors (Lipinski definition) is 0. The first-order chi connectivity index (χ1) is 6.45. The van der Waals surface area contributed by atoms with E-state index >= 15 is 0 Å². The smallest absolute Gasteiger partial charge is 0.306 e. The first-order valence-corrected chi connectivity index (χ1v) is 4.78. The quantitative estimate of drug-likeness (QED) is 0.294. The van der Waals surface area contributed by atoms with Gasteiger partial charge in [0.05, 0.1) is 0 Å². The highest BCUT2D eigenvalue weighted by Crippen LogP contribution is 2.09. The Morgan fingerprint density at radius 3 is 2.50 bits per heavy atom. The Balaban J connectivity index is 3.55. The van der Waals surface area contributed by atoms with Crippen LogP contribution >= 0.6 is 0 Å². The van der Waals surface area contributed by atoms with E-state index in [1.807, 2.05) is 20.8 Å². The highest BCUT2D eigenvalue weighted by molar-refractivity contribution is 5.69. The molecule has 0 aromatic carbocycles. The largest absolute Gasteiger partial charge is 0.460 e. The Bertz CT molecular complexity index is 211. The minimum absolute atomic E-state index is 0.183. The molecule has 0 amide bonds. The van der Waals surface area contributed by atoms with E-state index in [0.29, 0.717) is 6.42 Å². The zero-order valence-electron chi connectivity index (χ0n) is 9.08. The second kappa shape index (κ2) is 6.35. The molecule has 0 saturated heterocycles. The molecule has 0 aromatic rings. The number of carbonyl (C=O) groups excluding carboxylic acids is 2. The van der Waals surface area contributed by atoms with Gasteiger partial charge in [-0.15, -0.1) is 0 Å². The standard InChI is InChI=1S/C11H18O3/c1-11(2,3)14-10(13)8-6-4-5-7-9-12/h5,7,9H,4,6,8H2,1-3H3. The van der Waals surface area contributed by atoms with Crippen LogP contribution < -0.4 is 0 Å². The van der Waals surface area contributed by atoms with Gasteiger partial charge in [0, 0.05) is 6.42 Å². The molecule has 0 radical (unpaired) electrons. The second-order valence-corrected chi connectivity index (χ2v) is 4.04. The number of aldehydes is 1. The van der Waals surface area contributed by atoms with Crippen molar-refractivity contribution >= 4 is 12.3 Å². The van der Waals surface area contributed by atoms with Crippen LogP contribution in [0.4, 0.5) is 0 Å². The van der Waals surface area contributed by atoms with Crippen molar-refractivity contribution in [3.8, 4) is 0 Å². The highest BCUT2D eigenvalue weighted by Gasteiger charge is 2.15. The number of rotatable bonds is 5. The summed E-state index contributed by atoms with van der Waals surface area (Å²) in [4.78, 5) is 21.1. The molecule has 0 fully saturated rings. The molecular weight excluding hydrogens is 180 g/mol. The Hall–Kier alpha value is -1.12. The fraction of sp³-hybridized carbons (Fsp3) is 0.636. The van der Waals surface area contributed by atoms with Gasteiger partial charge in [-0.25, -0.2) is 0 Å². The summed E-state index contributed by atoms with van der Waals surface area (Å²) in [5.41, 5.74) is -0.407. The van der Waals surface area contributed by atoms with Crippen LogP contribution in [0.5, 0.6) is 0 Å². The maximum absolute atomic E-state index is 11.2. The summed E-state index contributed by atoms with van der Waals surface area (Å²) in [6, 6.07) is 0. The molecule has 0 rings (SSSR count). The third kappa shape index (κ3) is 8.97. The van der Waals surface area contributed by atoms with Crippen LogP contribution in [0.3, 0.4) is 0 Å². The lowest BCUT2D eigenvalue weighted by molar-refractivity contribution is -0.154. The molecule has 0 aromatic heterocycles. The molecule has 0 bridgehead atoms. The Kier molecular flexibility index (Phi) is 5.84. The maximum Gasteiger partial charge on any atom is 0.306 e. The van der Waals surface area contributed by atoms with Gasteiger partial charge in [0.2, 0.25) is 0 Å². The van der Waals surface area contributed by atoms with Crippen molar-refractivity contribution in [3.63, 3.8) is 0 Å². The van der Waals surface area contributed by atoms with Crippen molar-refractivity contribution in [1.82, 2.24) is 0 Å². The van der Waals surface area contributed by atoms with Crippen molar-refractivity contribution in [2.75, 3.05) is 0 Å². The number of hydrogen-bond acceptors (Lipinski definition) is 3. The van der Waals surface area contributed by atoms with Crippen LogP contribution in [-0.2, 0) is 14.3 Å². The van der Waals surface area contributed by atoms with Gasteiger partial charge in [-0.1, -0.05) is 6.08 Å². The van der Waals surface area contributed by atoms with E-state index in [2.05, 4.69) is 0 Å². The molecule has 14 heavy (non-hydrogen) atoms. The van der Waals surface area contributed by atoms with E-state index in [4.69, 9.17) is 4.74 Å². The Morgan fingerprint density at radius 1 is 1.36 bits per heavy atom. The average Bonchev–Trinajstić information content (AvgIpc) is 2.00. The molecule has 0 saturated carbocycles. The van der Waals surface area contributed by atoms with Gasteiger partial charge >= 0.3 is 5.97 Å². The fourth-order valence-corrected chi connectivity index (χ4v) is 0.909. The first kappa shape index (κ1) is 12.9. The van der Waals surface area contributed by atoms with Gasteiger partial charge < -0.3 is 4.74 Å². The number of unbranched alkanes of at least 4 members (excludes halogenated alkanes) is 1. The van der Waals surface area contributed by atoms with Crippen molar-refractivity contribution in [2.45, 2.75) is 45.6 Å². The van der Waals surface area contributed by atoms with Crippen molar-refractivity contribution in [3.05, 3.63) is 12.2 Å². The van der Waals surface area contributed by atoms with Gasteiger partial charge in [-0.05, 0) is 39.7 Å². The van der Waals surface area contributed by atoms with Crippen LogP contribution in [-0.4, -0.2) is 17.9 Å². The molecule has 0 aliphatic carbocycles. The minimum atomic E-state index is -0.407. The fourth-order valence-electron chi connectivity index (χ4n) is 0.909. The molecule has 0 N–H and O–H groups in total. The van der Waals surface area contributed by atoms with Gasteiger partial charge in [0.1, 0.15) is 11.9 Å². The van der Waals surface area contributed by atoms with Crippen LogP contribution in [0.15, 0.2) is 12.2 Å². The third-order valence-electron chi connectivity index (χ3n) is 1.39. The summed E-state index contributed by atoms with van der Waals surface area (Å²) < 4.78 is 5.11. The molecule has 0 atom stereocenters. The SMILES string of the molecule is CC(C)(C)OC(=O)CCCC=CC=O. The Labute approximate surface area is 85.1 Å². The van der Waals surface area contributed by atoms with E-state index in [-0.39, 0.29) is 5.97 Å². The summed E-state index contributed by atoms with van der Waals surface area (Å²) in [5.74, 6) is -0.183. The monoisotopic (exact) mass is 198 g/mol. The van der Waals surface area contributed by atoms with Gasteiger partial charge in [0.15, 0.2) is 0 Å². The third-order valence-corrected chi connectivity index (χ3v) is 1.39. The topological polar surface area (TPSA) is 43.4 Å². The summed E-state index contributed by atoms with van der Waals surface area (Å²) in [6.07, 6.45) is 5.78. The molecule has 0 aliphatic rings. The molecule has 0 spiro atoms. The molecule has 80 valence electrons. The van der Waals surface area contributed by atoms with Crippen LogP contribution in [0.25, 0.3) is 0 Å². The molecule has 3 heteroatoms.